The summed E-state index contributed by atoms with van der Waals surface area (Å²) in [6.07, 6.45) is 5.35. The van der Waals surface area contributed by atoms with Crippen LogP contribution in [0.4, 0.5) is 0 Å². The van der Waals surface area contributed by atoms with Gasteiger partial charge in [-0.05, 0) is 49.7 Å². The topological polar surface area (TPSA) is 82.3 Å². The van der Waals surface area contributed by atoms with Gasteiger partial charge in [0.05, 0.1) is 24.9 Å². The fourth-order valence-corrected chi connectivity index (χ4v) is 4.75. The number of pyridine rings is 1. The molecule has 1 N–H and O–H groups in total. The van der Waals surface area contributed by atoms with Crippen molar-refractivity contribution < 1.29 is 17.9 Å². The predicted octanol–water partition coefficient (Wildman–Crippen LogP) is 3.31. The van der Waals surface area contributed by atoms with Crippen molar-refractivity contribution in [2.24, 2.45) is 0 Å². The van der Waals surface area contributed by atoms with Gasteiger partial charge in [-0.15, -0.1) is 0 Å². The molecule has 6 nitrogen and oxygen atoms in total. The van der Waals surface area contributed by atoms with Gasteiger partial charge in [0, 0.05) is 25.6 Å². The van der Waals surface area contributed by atoms with Crippen molar-refractivity contribution in [1.82, 2.24) is 4.72 Å². The van der Waals surface area contributed by atoms with Crippen LogP contribution in [0, 0.1) is 19.1 Å². The molecule has 0 aliphatic heterocycles. The Morgan fingerprint density at radius 3 is 2.43 bits per heavy atom. The van der Waals surface area contributed by atoms with E-state index in [1.807, 2.05) is 25.1 Å². The Bertz CT molecular complexity index is 939. The SMILES string of the molecule is Cc1cc(C)[n+]([O-])c(C(CNS(C)(=O)=O)COC2CCC(c3ccccc3)CC2)c1. The minimum atomic E-state index is -3.36. The van der Waals surface area contributed by atoms with Crippen molar-refractivity contribution >= 4 is 10.0 Å². The Hall–Kier alpha value is -1.96. The average Bonchev–Trinajstić information content (AvgIpc) is 2.71. The predicted molar refractivity (Wildman–Crippen MR) is 118 cm³/mol. The first kappa shape index (κ1) is 22.7. The van der Waals surface area contributed by atoms with Crippen LogP contribution >= 0.6 is 0 Å². The summed E-state index contributed by atoms with van der Waals surface area (Å²) in [5.41, 5.74) is 3.50. The lowest BCUT2D eigenvalue weighted by atomic mass is 9.83. The van der Waals surface area contributed by atoms with E-state index in [0.29, 0.717) is 23.9 Å². The number of ether oxygens (including phenoxy) is 1. The van der Waals surface area contributed by atoms with Gasteiger partial charge in [0.25, 0.3) is 0 Å². The largest absolute Gasteiger partial charge is 0.618 e. The van der Waals surface area contributed by atoms with Crippen LogP contribution in [-0.4, -0.2) is 33.9 Å². The van der Waals surface area contributed by atoms with Crippen molar-refractivity contribution in [3.63, 3.8) is 0 Å². The zero-order valence-electron chi connectivity index (χ0n) is 18.0. The Balaban J connectivity index is 1.64. The van der Waals surface area contributed by atoms with Gasteiger partial charge in [0.1, 0.15) is 0 Å². The van der Waals surface area contributed by atoms with Crippen LogP contribution in [0.2, 0.25) is 0 Å². The highest BCUT2D eigenvalue weighted by molar-refractivity contribution is 7.88. The molecule has 0 saturated heterocycles. The molecule has 30 heavy (non-hydrogen) atoms. The lowest BCUT2D eigenvalue weighted by Gasteiger charge is -2.30. The maximum atomic E-state index is 12.6. The monoisotopic (exact) mass is 432 g/mol. The van der Waals surface area contributed by atoms with Crippen LogP contribution in [0.15, 0.2) is 42.5 Å². The molecule has 3 rings (SSSR count). The summed E-state index contributed by atoms with van der Waals surface area (Å²) >= 11 is 0. The summed E-state index contributed by atoms with van der Waals surface area (Å²) < 4.78 is 32.9. The van der Waals surface area contributed by atoms with Crippen LogP contribution in [0.25, 0.3) is 0 Å². The Morgan fingerprint density at radius 2 is 1.80 bits per heavy atom. The van der Waals surface area contributed by atoms with Crippen molar-refractivity contribution in [3.8, 4) is 0 Å². The lowest BCUT2D eigenvalue weighted by molar-refractivity contribution is -0.622. The van der Waals surface area contributed by atoms with E-state index in [1.165, 1.54) is 5.56 Å². The zero-order valence-corrected chi connectivity index (χ0v) is 18.8. The van der Waals surface area contributed by atoms with Crippen LogP contribution in [0.1, 0.15) is 60.0 Å². The van der Waals surface area contributed by atoms with E-state index in [9.17, 15) is 13.6 Å². The van der Waals surface area contributed by atoms with Crippen molar-refractivity contribution in [2.45, 2.75) is 57.5 Å². The Morgan fingerprint density at radius 1 is 1.13 bits per heavy atom. The second-order valence-electron chi connectivity index (χ2n) is 8.43. The van der Waals surface area contributed by atoms with Crippen LogP contribution in [0.3, 0.4) is 0 Å². The maximum Gasteiger partial charge on any atom is 0.208 e. The summed E-state index contributed by atoms with van der Waals surface area (Å²) in [6.45, 7) is 4.15. The summed E-state index contributed by atoms with van der Waals surface area (Å²) in [4.78, 5) is 0. The van der Waals surface area contributed by atoms with E-state index < -0.39 is 10.0 Å². The fourth-order valence-electron chi connectivity index (χ4n) is 4.25. The summed E-state index contributed by atoms with van der Waals surface area (Å²) in [6, 6.07) is 14.2. The molecular formula is C23H32N2O4S. The molecule has 1 aromatic heterocycles. The molecule has 0 radical (unpaired) electrons. The minimum Gasteiger partial charge on any atom is -0.618 e. The van der Waals surface area contributed by atoms with Gasteiger partial charge in [0.2, 0.25) is 10.0 Å². The minimum absolute atomic E-state index is 0.136. The second-order valence-corrected chi connectivity index (χ2v) is 10.3. The Kier molecular flexibility index (Phi) is 7.50. The summed E-state index contributed by atoms with van der Waals surface area (Å²) in [7, 11) is -3.36. The lowest BCUT2D eigenvalue weighted by Crippen LogP contribution is -2.41. The molecule has 1 aliphatic rings. The van der Waals surface area contributed by atoms with Crippen molar-refractivity contribution in [1.29, 1.82) is 0 Å². The van der Waals surface area contributed by atoms with Gasteiger partial charge in [-0.3, -0.25) is 0 Å². The van der Waals surface area contributed by atoms with E-state index in [1.54, 1.807) is 6.92 Å². The number of rotatable bonds is 8. The van der Waals surface area contributed by atoms with E-state index in [-0.39, 0.29) is 18.6 Å². The highest BCUT2D eigenvalue weighted by atomic mass is 32.2. The van der Waals surface area contributed by atoms with Crippen molar-refractivity contribution in [3.05, 3.63) is 70.2 Å². The Labute approximate surface area is 179 Å². The first-order chi connectivity index (χ1) is 14.2. The zero-order chi connectivity index (χ0) is 21.7. The first-order valence-corrected chi connectivity index (χ1v) is 12.4. The van der Waals surface area contributed by atoms with E-state index >= 15 is 0 Å². The third-order valence-corrected chi connectivity index (χ3v) is 6.55. The molecule has 1 fully saturated rings. The fraction of sp³-hybridized carbons (Fsp3) is 0.522. The molecule has 1 saturated carbocycles. The van der Waals surface area contributed by atoms with Gasteiger partial charge < -0.3 is 9.94 Å². The molecule has 1 heterocycles. The molecule has 0 amide bonds. The van der Waals surface area contributed by atoms with Gasteiger partial charge in [-0.25, -0.2) is 13.1 Å². The standard InChI is InChI=1S/C23H32N2O4S/c1-17-13-18(2)25(26)23(14-17)21(15-24-30(3,27)28)16-29-22-11-9-20(10-12-22)19-7-5-4-6-8-19/h4-8,13-14,20-22,24H,9-12,15-16H2,1-3H3. The molecule has 0 spiro atoms. The van der Waals surface area contributed by atoms with E-state index in [4.69, 9.17) is 4.74 Å². The normalized spacial score (nSPS) is 20.8. The molecular weight excluding hydrogens is 400 g/mol. The number of hydrogen-bond acceptors (Lipinski definition) is 4. The molecule has 1 aliphatic carbocycles. The van der Waals surface area contributed by atoms with E-state index in [0.717, 1.165) is 42.2 Å². The third kappa shape index (κ3) is 6.27. The molecule has 2 aromatic rings. The maximum absolute atomic E-state index is 12.6. The molecule has 0 bridgehead atoms. The van der Waals surface area contributed by atoms with Crippen LogP contribution in [-0.2, 0) is 14.8 Å². The quantitative estimate of drug-likeness (QED) is 0.512. The van der Waals surface area contributed by atoms with Gasteiger partial charge in [-0.1, -0.05) is 30.3 Å². The van der Waals surface area contributed by atoms with Gasteiger partial charge in [-0.2, -0.15) is 4.73 Å². The van der Waals surface area contributed by atoms with E-state index in [2.05, 4.69) is 29.0 Å². The molecule has 164 valence electrons. The third-order valence-electron chi connectivity index (χ3n) is 5.86. The molecule has 1 aromatic carbocycles. The smallest absolute Gasteiger partial charge is 0.208 e. The van der Waals surface area contributed by atoms with Gasteiger partial charge in [0.15, 0.2) is 11.4 Å². The average molecular weight is 433 g/mol. The van der Waals surface area contributed by atoms with Gasteiger partial charge >= 0.3 is 0 Å². The number of hydrogen-bond donors (Lipinski definition) is 1. The summed E-state index contributed by atoms with van der Waals surface area (Å²) in [5, 5.41) is 12.6. The number of sulfonamides is 1. The highest BCUT2D eigenvalue weighted by Crippen LogP contribution is 2.34. The molecule has 7 heteroatoms. The van der Waals surface area contributed by atoms with Crippen LogP contribution in [0.5, 0.6) is 0 Å². The number of aryl methyl sites for hydroxylation is 2. The number of nitrogens with zero attached hydrogens (tertiary/aromatic N) is 1. The number of benzene rings is 1. The number of aromatic nitrogens is 1. The molecule has 1 atom stereocenters. The second kappa shape index (κ2) is 9.90. The van der Waals surface area contributed by atoms with Crippen molar-refractivity contribution in [2.75, 3.05) is 19.4 Å². The highest BCUT2D eigenvalue weighted by Gasteiger charge is 2.27. The molecule has 1 unspecified atom stereocenters. The first-order valence-electron chi connectivity index (χ1n) is 10.5. The van der Waals surface area contributed by atoms with Crippen LogP contribution < -0.4 is 9.45 Å². The summed E-state index contributed by atoms with van der Waals surface area (Å²) in [5.74, 6) is 0.222. The number of nitrogens with one attached hydrogen (secondary N) is 1.